The average molecular weight is 276 g/mol. The minimum absolute atomic E-state index is 0.00740. The van der Waals surface area contributed by atoms with Crippen molar-refractivity contribution in [2.75, 3.05) is 13.3 Å². The van der Waals surface area contributed by atoms with Gasteiger partial charge in [0.1, 0.15) is 36.6 Å². The molecule has 8 heteroatoms. The van der Waals surface area contributed by atoms with Gasteiger partial charge in [-0.05, 0) is 0 Å². The summed E-state index contributed by atoms with van der Waals surface area (Å²) < 4.78 is 22.5. The number of rotatable bonds is 4. The molecule has 0 saturated heterocycles. The standard InChI is InChI=1S/C12H9FN4O3/c13-1-2-19-10-4-8(15-6-16-10)12-17-9-3-7(18)5-14-11(9)20-12/h3-6,18H,1-2H2. The summed E-state index contributed by atoms with van der Waals surface area (Å²) in [5.41, 5.74) is 1.07. The zero-order valence-electron chi connectivity index (χ0n) is 10.2. The van der Waals surface area contributed by atoms with E-state index in [0.717, 1.165) is 0 Å². The molecule has 3 heterocycles. The van der Waals surface area contributed by atoms with Crippen LogP contribution in [-0.4, -0.2) is 38.3 Å². The minimum atomic E-state index is -0.606. The van der Waals surface area contributed by atoms with Gasteiger partial charge >= 0.3 is 0 Å². The lowest BCUT2D eigenvalue weighted by molar-refractivity contribution is 0.264. The van der Waals surface area contributed by atoms with Gasteiger partial charge in [-0.25, -0.2) is 24.3 Å². The first-order valence-electron chi connectivity index (χ1n) is 5.73. The number of fused-ring (bicyclic) bond motifs is 1. The average Bonchev–Trinajstić information content (AvgIpc) is 2.88. The van der Waals surface area contributed by atoms with Gasteiger partial charge in [0.2, 0.25) is 17.5 Å². The Balaban J connectivity index is 1.97. The fraction of sp³-hybridized carbons (Fsp3) is 0.167. The van der Waals surface area contributed by atoms with Gasteiger partial charge in [-0.3, -0.25) is 0 Å². The van der Waals surface area contributed by atoms with E-state index >= 15 is 0 Å². The third kappa shape index (κ3) is 2.35. The number of pyridine rings is 1. The van der Waals surface area contributed by atoms with E-state index in [1.54, 1.807) is 0 Å². The normalized spacial score (nSPS) is 10.8. The third-order valence-electron chi connectivity index (χ3n) is 2.42. The lowest BCUT2D eigenvalue weighted by atomic mass is 10.4. The summed E-state index contributed by atoms with van der Waals surface area (Å²) in [6.45, 7) is -0.690. The molecule has 3 rings (SSSR count). The molecule has 0 atom stereocenters. The summed E-state index contributed by atoms with van der Waals surface area (Å²) in [5.74, 6) is 0.434. The number of aromatic hydroxyl groups is 1. The second-order valence-electron chi connectivity index (χ2n) is 3.82. The summed E-state index contributed by atoms with van der Waals surface area (Å²) in [7, 11) is 0. The van der Waals surface area contributed by atoms with Gasteiger partial charge in [0.05, 0.1) is 6.20 Å². The Labute approximate surface area is 112 Å². The van der Waals surface area contributed by atoms with Crippen LogP contribution in [0.15, 0.2) is 29.1 Å². The maximum Gasteiger partial charge on any atom is 0.248 e. The van der Waals surface area contributed by atoms with Crippen molar-refractivity contribution in [3.8, 4) is 23.2 Å². The number of nitrogens with zero attached hydrogens (tertiary/aromatic N) is 4. The Morgan fingerprint density at radius 2 is 2.15 bits per heavy atom. The minimum Gasteiger partial charge on any atom is -0.506 e. The first-order valence-corrected chi connectivity index (χ1v) is 5.73. The zero-order chi connectivity index (χ0) is 13.9. The van der Waals surface area contributed by atoms with Crippen molar-refractivity contribution >= 4 is 11.2 Å². The van der Waals surface area contributed by atoms with E-state index in [1.807, 2.05) is 0 Å². The fourth-order valence-electron chi connectivity index (χ4n) is 1.60. The van der Waals surface area contributed by atoms with Crippen molar-refractivity contribution in [2.24, 2.45) is 0 Å². The third-order valence-corrected chi connectivity index (χ3v) is 2.42. The van der Waals surface area contributed by atoms with E-state index in [9.17, 15) is 9.50 Å². The number of aromatic nitrogens is 4. The van der Waals surface area contributed by atoms with Gasteiger partial charge in [-0.15, -0.1) is 0 Å². The number of hydrogen-bond acceptors (Lipinski definition) is 7. The Hall–Kier alpha value is -2.77. The molecule has 0 bridgehead atoms. The summed E-state index contributed by atoms with van der Waals surface area (Å²) in [4.78, 5) is 15.9. The number of hydrogen-bond donors (Lipinski definition) is 1. The lowest BCUT2D eigenvalue weighted by Gasteiger charge is -2.01. The first-order chi connectivity index (χ1) is 9.76. The van der Waals surface area contributed by atoms with Crippen molar-refractivity contribution in [1.82, 2.24) is 19.9 Å². The SMILES string of the molecule is Oc1cnc2oc(-c3cc(OCCF)ncn3)nc2c1. The lowest BCUT2D eigenvalue weighted by Crippen LogP contribution is -2.01. The molecule has 0 aromatic carbocycles. The Kier molecular flexibility index (Phi) is 3.12. The largest absolute Gasteiger partial charge is 0.506 e. The van der Waals surface area contributed by atoms with Crippen LogP contribution >= 0.6 is 0 Å². The molecule has 0 radical (unpaired) electrons. The number of halogens is 1. The van der Waals surface area contributed by atoms with Crippen LogP contribution in [0.1, 0.15) is 0 Å². The number of oxazole rings is 1. The van der Waals surface area contributed by atoms with Crippen LogP contribution in [-0.2, 0) is 0 Å². The highest BCUT2D eigenvalue weighted by Crippen LogP contribution is 2.24. The van der Waals surface area contributed by atoms with Crippen LogP contribution in [0.25, 0.3) is 22.8 Å². The van der Waals surface area contributed by atoms with Gasteiger partial charge in [0.15, 0.2) is 0 Å². The van der Waals surface area contributed by atoms with Crippen molar-refractivity contribution in [3.63, 3.8) is 0 Å². The second kappa shape index (κ2) is 5.08. The summed E-state index contributed by atoms with van der Waals surface area (Å²) in [6, 6.07) is 2.91. The maximum absolute atomic E-state index is 12.0. The van der Waals surface area contributed by atoms with Gasteiger partial charge in [-0.1, -0.05) is 0 Å². The van der Waals surface area contributed by atoms with E-state index in [4.69, 9.17) is 9.15 Å². The van der Waals surface area contributed by atoms with Crippen LogP contribution in [0.3, 0.4) is 0 Å². The van der Waals surface area contributed by atoms with Crippen molar-refractivity contribution < 1.29 is 18.7 Å². The highest BCUT2D eigenvalue weighted by atomic mass is 19.1. The molecule has 0 unspecified atom stereocenters. The molecule has 0 amide bonds. The highest BCUT2D eigenvalue weighted by Gasteiger charge is 2.12. The molecule has 0 saturated carbocycles. The molecule has 7 nitrogen and oxygen atoms in total. The van der Waals surface area contributed by atoms with E-state index in [0.29, 0.717) is 11.2 Å². The molecule has 3 aromatic heterocycles. The molecule has 102 valence electrons. The molecule has 20 heavy (non-hydrogen) atoms. The summed E-state index contributed by atoms with van der Waals surface area (Å²) >= 11 is 0. The highest BCUT2D eigenvalue weighted by molar-refractivity contribution is 5.73. The molecule has 3 aromatic rings. The number of ether oxygens (including phenoxy) is 1. The van der Waals surface area contributed by atoms with Gasteiger partial charge in [0, 0.05) is 12.1 Å². The van der Waals surface area contributed by atoms with Gasteiger partial charge < -0.3 is 14.3 Å². The van der Waals surface area contributed by atoms with Crippen LogP contribution in [0.5, 0.6) is 11.6 Å². The monoisotopic (exact) mass is 276 g/mol. The van der Waals surface area contributed by atoms with Crippen LogP contribution in [0, 0.1) is 0 Å². The van der Waals surface area contributed by atoms with Crippen molar-refractivity contribution in [1.29, 1.82) is 0 Å². The maximum atomic E-state index is 12.0. The van der Waals surface area contributed by atoms with Gasteiger partial charge in [-0.2, -0.15) is 0 Å². The van der Waals surface area contributed by atoms with Crippen molar-refractivity contribution in [2.45, 2.75) is 0 Å². The Morgan fingerprint density at radius 3 is 3.00 bits per heavy atom. The van der Waals surface area contributed by atoms with Crippen LogP contribution in [0.4, 0.5) is 4.39 Å². The van der Waals surface area contributed by atoms with Crippen LogP contribution < -0.4 is 4.74 Å². The smallest absolute Gasteiger partial charge is 0.248 e. The Bertz CT molecular complexity index is 746. The van der Waals surface area contributed by atoms with E-state index < -0.39 is 6.67 Å². The first kappa shape index (κ1) is 12.3. The topological polar surface area (TPSA) is 94.2 Å². The predicted molar refractivity (Wildman–Crippen MR) is 66.0 cm³/mol. The van der Waals surface area contributed by atoms with E-state index in [2.05, 4.69) is 19.9 Å². The molecule has 0 aliphatic carbocycles. The van der Waals surface area contributed by atoms with Gasteiger partial charge in [0.25, 0.3) is 0 Å². The molecule has 0 aliphatic heterocycles. The van der Waals surface area contributed by atoms with E-state index in [-0.39, 0.29) is 29.8 Å². The fourth-order valence-corrected chi connectivity index (χ4v) is 1.60. The number of alkyl halides is 1. The molecular weight excluding hydrogens is 267 g/mol. The van der Waals surface area contributed by atoms with Crippen molar-refractivity contribution in [3.05, 3.63) is 24.7 Å². The quantitative estimate of drug-likeness (QED) is 0.775. The zero-order valence-corrected chi connectivity index (χ0v) is 10.2. The molecule has 0 fully saturated rings. The summed E-state index contributed by atoms with van der Waals surface area (Å²) in [6.07, 6.45) is 2.52. The molecule has 0 spiro atoms. The van der Waals surface area contributed by atoms with Crippen LogP contribution in [0.2, 0.25) is 0 Å². The predicted octanol–water partition coefficient (Wildman–Crippen LogP) is 1.73. The molecule has 1 N–H and O–H groups in total. The molecular formula is C12H9FN4O3. The second-order valence-corrected chi connectivity index (χ2v) is 3.82. The van der Waals surface area contributed by atoms with E-state index in [1.165, 1.54) is 24.7 Å². The molecule has 0 aliphatic rings. The Morgan fingerprint density at radius 1 is 1.25 bits per heavy atom. The summed E-state index contributed by atoms with van der Waals surface area (Å²) in [5, 5.41) is 9.33.